The van der Waals surface area contributed by atoms with E-state index in [-0.39, 0.29) is 23.4 Å². The van der Waals surface area contributed by atoms with Gasteiger partial charge in [0.05, 0.1) is 17.2 Å². The molecule has 0 bridgehead atoms. The fourth-order valence-electron chi connectivity index (χ4n) is 2.87. The molecule has 7 nitrogen and oxygen atoms in total. The second-order valence-electron chi connectivity index (χ2n) is 6.61. The zero-order chi connectivity index (χ0) is 22.9. The first-order chi connectivity index (χ1) is 15.5. The second-order valence-corrected chi connectivity index (χ2v) is 6.61. The predicted molar refractivity (Wildman–Crippen MR) is 118 cm³/mol. The minimum absolute atomic E-state index is 0.0154. The Hall–Kier alpha value is -4.88. The maximum Gasteiger partial charge on any atom is 0.335 e. The number of hydrogen-bond acceptors (Lipinski definition) is 5. The highest BCUT2D eigenvalue weighted by Crippen LogP contribution is 2.23. The van der Waals surface area contributed by atoms with Gasteiger partial charge in [0, 0.05) is 16.8 Å². The zero-order valence-electron chi connectivity index (χ0n) is 16.8. The van der Waals surface area contributed by atoms with Crippen LogP contribution in [0.2, 0.25) is 0 Å². The van der Waals surface area contributed by atoms with E-state index in [2.05, 4.69) is 11.4 Å². The summed E-state index contributed by atoms with van der Waals surface area (Å²) in [5, 5.41) is 30.3. The van der Waals surface area contributed by atoms with Crippen LogP contribution in [0, 0.1) is 22.7 Å². The Bertz CT molecular complexity index is 1280. The van der Waals surface area contributed by atoms with E-state index in [1.165, 1.54) is 30.3 Å². The molecule has 0 radical (unpaired) electrons. The Labute approximate surface area is 184 Å². The Kier molecular flexibility index (Phi) is 6.98. The van der Waals surface area contributed by atoms with Crippen LogP contribution in [0.4, 0.5) is 5.69 Å². The third-order valence-corrected chi connectivity index (χ3v) is 4.47. The molecule has 0 atom stereocenters. The molecular weight excluding hydrogens is 406 g/mol. The van der Waals surface area contributed by atoms with Crippen LogP contribution >= 0.6 is 0 Å². The SMILES string of the molecule is N#C/C(=C/c1ccccc1OCc1ccccc1C#N)C(=O)Nc1cccc(C(=O)O)c1. The van der Waals surface area contributed by atoms with E-state index in [4.69, 9.17) is 9.84 Å². The van der Waals surface area contributed by atoms with Crippen LogP contribution in [-0.4, -0.2) is 17.0 Å². The molecule has 3 aromatic rings. The normalized spacial score (nSPS) is 10.5. The van der Waals surface area contributed by atoms with Crippen molar-refractivity contribution in [2.24, 2.45) is 0 Å². The molecule has 32 heavy (non-hydrogen) atoms. The number of nitrogens with one attached hydrogen (secondary N) is 1. The topological polar surface area (TPSA) is 123 Å². The van der Waals surface area contributed by atoms with Crippen LogP contribution in [0.1, 0.15) is 27.0 Å². The van der Waals surface area contributed by atoms with E-state index < -0.39 is 11.9 Å². The van der Waals surface area contributed by atoms with Crippen molar-refractivity contribution >= 4 is 23.6 Å². The average molecular weight is 423 g/mol. The third-order valence-electron chi connectivity index (χ3n) is 4.47. The van der Waals surface area contributed by atoms with E-state index in [9.17, 15) is 20.1 Å². The number of carbonyl (C=O) groups is 2. The van der Waals surface area contributed by atoms with Crippen LogP contribution < -0.4 is 10.1 Å². The van der Waals surface area contributed by atoms with Crippen LogP contribution in [0.3, 0.4) is 0 Å². The number of amides is 1. The van der Waals surface area contributed by atoms with Gasteiger partial charge >= 0.3 is 5.97 Å². The van der Waals surface area contributed by atoms with Crippen LogP contribution in [0.5, 0.6) is 5.75 Å². The van der Waals surface area contributed by atoms with Gasteiger partial charge in [-0.2, -0.15) is 10.5 Å². The maximum absolute atomic E-state index is 12.6. The number of carboxylic acids is 1. The van der Waals surface area contributed by atoms with Gasteiger partial charge in [-0.05, 0) is 36.4 Å². The summed E-state index contributed by atoms with van der Waals surface area (Å²) < 4.78 is 5.85. The van der Waals surface area contributed by atoms with Gasteiger partial charge in [-0.25, -0.2) is 4.79 Å². The number of carbonyl (C=O) groups excluding carboxylic acids is 1. The summed E-state index contributed by atoms with van der Waals surface area (Å²) in [7, 11) is 0. The quantitative estimate of drug-likeness (QED) is 0.429. The molecule has 0 saturated carbocycles. The number of rotatable bonds is 7. The van der Waals surface area contributed by atoms with Gasteiger partial charge in [0.1, 0.15) is 24.0 Å². The maximum atomic E-state index is 12.6. The lowest BCUT2D eigenvalue weighted by Gasteiger charge is -2.11. The minimum atomic E-state index is -1.12. The van der Waals surface area contributed by atoms with Crippen LogP contribution in [0.25, 0.3) is 6.08 Å². The Morgan fingerprint density at radius 2 is 1.75 bits per heavy atom. The Morgan fingerprint density at radius 1 is 1.00 bits per heavy atom. The van der Waals surface area contributed by atoms with Gasteiger partial charge in [-0.3, -0.25) is 4.79 Å². The van der Waals surface area contributed by atoms with Crippen molar-refractivity contribution < 1.29 is 19.4 Å². The third kappa shape index (κ3) is 5.38. The highest BCUT2D eigenvalue weighted by Gasteiger charge is 2.13. The van der Waals surface area contributed by atoms with Gasteiger partial charge in [-0.1, -0.05) is 42.5 Å². The molecule has 156 valence electrons. The Balaban J connectivity index is 1.81. The molecule has 0 aliphatic carbocycles. The molecule has 0 heterocycles. The molecule has 0 unspecified atom stereocenters. The van der Waals surface area contributed by atoms with E-state index in [1.54, 1.807) is 42.5 Å². The van der Waals surface area contributed by atoms with Crippen LogP contribution in [0.15, 0.2) is 78.4 Å². The highest BCUT2D eigenvalue weighted by atomic mass is 16.5. The Morgan fingerprint density at radius 3 is 2.50 bits per heavy atom. The lowest BCUT2D eigenvalue weighted by atomic mass is 10.1. The van der Waals surface area contributed by atoms with E-state index in [0.717, 1.165) is 0 Å². The summed E-state index contributed by atoms with van der Waals surface area (Å²) in [6.07, 6.45) is 1.39. The lowest BCUT2D eigenvalue weighted by Crippen LogP contribution is -2.14. The number of anilines is 1. The fourth-order valence-corrected chi connectivity index (χ4v) is 2.87. The van der Waals surface area contributed by atoms with Crippen molar-refractivity contribution in [3.8, 4) is 17.9 Å². The van der Waals surface area contributed by atoms with E-state index in [1.807, 2.05) is 12.1 Å². The van der Waals surface area contributed by atoms with Gasteiger partial charge in [0.25, 0.3) is 5.91 Å². The number of aromatic carboxylic acids is 1. The largest absolute Gasteiger partial charge is 0.488 e. The molecule has 0 aliphatic rings. The highest BCUT2D eigenvalue weighted by molar-refractivity contribution is 6.10. The van der Waals surface area contributed by atoms with Gasteiger partial charge in [-0.15, -0.1) is 0 Å². The van der Waals surface area contributed by atoms with Crippen LogP contribution in [-0.2, 0) is 11.4 Å². The lowest BCUT2D eigenvalue weighted by molar-refractivity contribution is -0.112. The molecule has 0 aromatic heterocycles. The summed E-state index contributed by atoms with van der Waals surface area (Å²) in [4.78, 5) is 23.7. The minimum Gasteiger partial charge on any atom is -0.488 e. The number of para-hydroxylation sites is 1. The number of nitrogens with zero attached hydrogens (tertiary/aromatic N) is 2. The molecule has 3 rings (SSSR count). The summed E-state index contributed by atoms with van der Waals surface area (Å²) in [5.74, 6) is -1.37. The number of hydrogen-bond donors (Lipinski definition) is 2. The van der Waals surface area contributed by atoms with Gasteiger partial charge < -0.3 is 15.2 Å². The molecule has 2 N–H and O–H groups in total. The first kappa shape index (κ1) is 21.8. The number of nitriles is 2. The number of carboxylic acid groups (broad SMARTS) is 1. The summed E-state index contributed by atoms with van der Waals surface area (Å²) in [6, 6.07) is 23.7. The first-order valence-corrected chi connectivity index (χ1v) is 9.48. The molecule has 3 aromatic carbocycles. The van der Waals surface area contributed by atoms with Crippen molar-refractivity contribution in [3.63, 3.8) is 0 Å². The van der Waals surface area contributed by atoms with Crippen molar-refractivity contribution in [1.29, 1.82) is 10.5 Å². The average Bonchev–Trinajstić information content (AvgIpc) is 2.82. The molecule has 7 heteroatoms. The van der Waals surface area contributed by atoms with Crippen molar-refractivity contribution in [1.82, 2.24) is 0 Å². The van der Waals surface area contributed by atoms with Gasteiger partial charge in [0.15, 0.2) is 0 Å². The number of benzene rings is 3. The molecule has 0 saturated heterocycles. The molecule has 0 fully saturated rings. The molecule has 0 spiro atoms. The predicted octanol–water partition coefficient (Wildman–Crippen LogP) is 4.38. The van der Waals surface area contributed by atoms with Gasteiger partial charge in [0.2, 0.25) is 0 Å². The first-order valence-electron chi connectivity index (χ1n) is 9.48. The second kappa shape index (κ2) is 10.2. The van der Waals surface area contributed by atoms with Crippen molar-refractivity contribution in [2.45, 2.75) is 6.61 Å². The molecule has 1 amide bonds. The molecule has 0 aliphatic heterocycles. The van der Waals surface area contributed by atoms with Crippen molar-refractivity contribution in [3.05, 3.63) is 101 Å². The smallest absolute Gasteiger partial charge is 0.335 e. The zero-order valence-corrected chi connectivity index (χ0v) is 16.8. The molecular formula is C25H17N3O4. The number of ether oxygens (including phenoxy) is 1. The summed E-state index contributed by atoms with van der Waals surface area (Å²) in [5.41, 5.74) is 1.81. The summed E-state index contributed by atoms with van der Waals surface area (Å²) in [6.45, 7) is 0.144. The van der Waals surface area contributed by atoms with E-state index >= 15 is 0 Å². The monoisotopic (exact) mass is 423 g/mol. The van der Waals surface area contributed by atoms with E-state index in [0.29, 0.717) is 22.4 Å². The summed E-state index contributed by atoms with van der Waals surface area (Å²) >= 11 is 0. The van der Waals surface area contributed by atoms with Crippen molar-refractivity contribution in [2.75, 3.05) is 5.32 Å². The standard InChI is InChI=1S/C25H17N3O4/c26-14-19-7-1-2-8-20(19)16-32-23-11-4-3-6-17(23)12-21(15-27)24(29)28-22-10-5-9-18(13-22)25(30)31/h1-13H,16H2,(H,28,29)(H,30,31)/b21-12-. The fraction of sp³-hybridized carbons (Fsp3) is 0.0400.